The molecule has 0 bridgehead atoms. The highest BCUT2D eigenvalue weighted by Gasteiger charge is 2.20. The number of carboxylic acid groups (broad SMARTS) is 1. The second-order valence-electron chi connectivity index (χ2n) is 6.64. The number of carbonyl (C=O) groups is 2. The Balaban J connectivity index is 1.69. The van der Waals surface area contributed by atoms with E-state index in [1.54, 1.807) is 30.8 Å². The second-order valence-corrected chi connectivity index (χ2v) is 7.58. The summed E-state index contributed by atoms with van der Waals surface area (Å²) in [5.74, 6) is 0.762. The molecule has 1 saturated heterocycles. The van der Waals surface area contributed by atoms with Gasteiger partial charge in [-0.25, -0.2) is 14.8 Å². The number of aromatic carboxylic acids is 1. The van der Waals surface area contributed by atoms with Gasteiger partial charge in [0.1, 0.15) is 5.82 Å². The van der Waals surface area contributed by atoms with Gasteiger partial charge in [0.2, 0.25) is 5.91 Å². The topological polar surface area (TPSA) is 86.6 Å². The Labute approximate surface area is 168 Å². The van der Waals surface area contributed by atoms with Crippen molar-refractivity contribution < 1.29 is 14.7 Å². The Morgan fingerprint density at radius 3 is 2.36 bits per heavy atom. The van der Waals surface area contributed by atoms with Crippen LogP contribution < -0.4 is 4.90 Å². The molecule has 1 aliphatic heterocycles. The number of carbonyl (C=O) groups excluding carboxylic acids is 1. The molecule has 8 heteroatoms. The highest BCUT2D eigenvalue weighted by Crippen LogP contribution is 2.24. The number of carboxylic acids is 1. The predicted octanol–water partition coefficient (Wildman–Crippen LogP) is 2.70. The maximum Gasteiger partial charge on any atom is 0.335 e. The van der Waals surface area contributed by atoms with Crippen molar-refractivity contribution in [1.29, 1.82) is 0 Å². The first-order chi connectivity index (χ1) is 13.5. The van der Waals surface area contributed by atoms with Crippen molar-refractivity contribution in [3.63, 3.8) is 0 Å². The Morgan fingerprint density at radius 1 is 1.11 bits per heavy atom. The minimum atomic E-state index is -0.923. The normalized spacial score (nSPS) is 14.2. The van der Waals surface area contributed by atoms with Crippen LogP contribution in [0.4, 0.5) is 5.82 Å². The molecule has 1 amide bonds. The molecule has 148 valence electrons. The fourth-order valence-electron chi connectivity index (χ4n) is 3.01. The second kappa shape index (κ2) is 9.05. The summed E-state index contributed by atoms with van der Waals surface area (Å²) in [4.78, 5) is 35.9. The van der Waals surface area contributed by atoms with Gasteiger partial charge in [0.25, 0.3) is 0 Å². The van der Waals surface area contributed by atoms with Crippen molar-refractivity contribution in [2.24, 2.45) is 0 Å². The number of nitrogens with zero attached hydrogens (tertiary/aromatic N) is 4. The van der Waals surface area contributed by atoms with Gasteiger partial charge in [0.15, 0.2) is 5.16 Å². The van der Waals surface area contributed by atoms with E-state index in [0.717, 1.165) is 36.6 Å². The highest BCUT2D eigenvalue weighted by molar-refractivity contribution is 7.98. The lowest BCUT2D eigenvalue weighted by molar-refractivity contribution is -0.129. The summed E-state index contributed by atoms with van der Waals surface area (Å²) in [7, 11) is 0. The standard InChI is InChI=1S/C20H24N4O3S/c1-3-17-12-18(24-10-8-23(9-11-24)14(2)25)22-20(21-17)28-13-15-4-6-16(7-5-15)19(26)27/h4-7,12H,3,8-11,13H2,1-2H3,(H,26,27). The molecule has 2 aromatic rings. The molecule has 1 aromatic heterocycles. The molecule has 0 unspecified atom stereocenters. The van der Waals surface area contributed by atoms with Crippen molar-refractivity contribution in [3.8, 4) is 0 Å². The molecular weight excluding hydrogens is 376 g/mol. The summed E-state index contributed by atoms with van der Waals surface area (Å²) in [5, 5.41) is 9.70. The van der Waals surface area contributed by atoms with Crippen LogP contribution in [0.2, 0.25) is 0 Å². The lowest BCUT2D eigenvalue weighted by atomic mass is 10.1. The van der Waals surface area contributed by atoms with Crippen LogP contribution >= 0.6 is 11.8 Å². The van der Waals surface area contributed by atoms with Crippen LogP contribution in [0.15, 0.2) is 35.5 Å². The van der Waals surface area contributed by atoms with Crippen LogP contribution in [0, 0.1) is 0 Å². The van der Waals surface area contributed by atoms with Gasteiger partial charge in [-0.2, -0.15) is 0 Å². The molecular formula is C20H24N4O3S. The first kappa shape index (κ1) is 20.1. The molecule has 7 nitrogen and oxygen atoms in total. The molecule has 1 fully saturated rings. The molecule has 3 rings (SSSR count). The summed E-state index contributed by atoms with van der Waals surface area (Å²) in [6.07, 6.45) is 0.823. The van der Waals surface area contributed by atoms with Crippen molar-refractivity contribution in [2.45, 2.75) is 31.2 Å². The van der Waals surface area contributed by atoms with E-state index >= 15 is 0 Å². The Bertz CT molecular complexity index is 849. The van der Waals surface area contributed by atoms with Gasteiger partial charge in [-0.05, 0) is 24.1 Å². The Hall–Kier alpha value is -2.61. The maximum absolute atomic E-state index is 11.5. The molecule has 1 aliphatic rings. The third kappa shape index (κ3) is 5.01. The Kier molecular flexibility index (Phi) is 6.51. The van der Waals surface area contributed by atoms with E-state index in [9.17, 15) is 9.59 Å². The first-order valence-corrected chi connectivity index (χ1v) is 10.3. The smallest absolute Gasteiger partial charge is 0.335 e. The molecule has 0 radical (unpaired) electrons. The van der Waals surface area contributed by atoms with Crippen LogP contribution in [0.25, 0.3) is 0 Å². The third-order valence-electron chi connectivity index (χ3n) is 4.73. The molecule has 0 spiro atoms. The average Bonchev–Trinajstić information content (AvgIpc) is 2.72. The summed E-state index contributed by atoms with van der Waals surface area (Å²) in [6, 6.07) is 8.89. The lowest BCUT2D eigenvalue weighted by Crippen LogP contribution is -2.48. The monoisotopic (exact) mass is 400 g/mol. The van der Waals surface area contributed by atoms with E-state index < -0.39 is 5.97 Å². The largest absolute Gasteiger partial charge is 0.478 e. The van der Waals surface area contributed by atoms with Gasteiger partial charge in [-0.1, -0.05) is 30.8 Å². The Morgan fingerprint density at radius 2 is 1.79 bits per heavy atom. The zero-order valence-corrected chi connectivity index (χ0v) is 16.9. The van der Waals surface area contributed by atoms with Crippen LogP contribution in [0.3, 0.4) is 0 Å². The highest BCUT2D eigenvalue weighted by atomic mass is 32.2. The van der Waals surface area contributed by atoms with Crippen LogP contribution in [-0.4, -0.2) is 58.0 Å². The van der Waals surface area contributed by atoms with E-state index in [1.807, 2.05) is 23.1 Å². The number of hydrogen-bond acceptors (Lipinski definition) is 6. The van der Waals surface area contributed by atoms with Gasteiger partial charge < -0.3 is 14.9 Å². The average molecular weight is 401 g/mol. The molecule has 0 atom stereocenters. The molecule has 1 aromatic carbocycles. The number of benzene rings is 1. The number of rotatable bonds is 6. The number of thioether (sulfide) groups is 1. The van der Waals surface area contributed by atoms with E-state index in [1.165, 1.54) is 0 Å². The number of aromatic nitrogens is 2. The lowest BCUT2D eigenvalue weighted by Gasteiger charge is -2.35. The van der Waals surface area contributed by atoms with Crippen LogP contribution in [0.5, 0.6) is 0 Å². The minimum absolute atomic E-state index is 0.113. The summed E-state index contributed by atoms with van der Waals surface area (Å²) in [5.41, 5.74) is 2.30. The van der Waals surface area contributed by atoms with Crippen molar-refractivity contribution in [1.82, 2.24) is 14.9 Å². The third-order valence-corrected chi connectivity index (χ3v) is 5.64. The number of aryl methyl sites for hydroxylation is 1. The van der Waals surface area contributed by atoms with Gasteiger partial charge in [0, 0.05) is 50.6 Å². The van der Waals surface area contributed by atoms with Crippen molar-refractivity contribution >= 4 is 29.5 Å². The van der Waals surface area contributed by atoms with E-state index in [-0.39, 0.29) is 11.5 Å². The number of anilines is 1. The summed E-state index contributed by atoms with van der Waals surface area (Å²) in [6.45, 7) is 6.62. The number of amides is 1. The maximum atomic E-state index is 11.5. The van der Waals surface area contributed by atoms with E-state index in [4.69, 9.17) is 10.1 Å². The molecule has 0 aliphatic carbocycles. The van der Waals surface area contributed by atoms with Crippen LogP contribution in [0.1, 0.15) is 35.5 Å². The molecule has 28 heavy (non-hydrogen) atoms. The fourth-order valence-corrected chi connectivity index (χ4v) is 3.84. The molecule has 1 N–H and O–H groups in total. The SMILES string of the molecule is CCc1cc(N2CCN(C(C)=O)CC2)nc(SCc2ccc(C(=O)O)cc2)n1. The fraction of sp³-hybridized carbons (Fsp3) is 0.400. The summed E-state index contributed by atoms with van der Waals surface area (Å²) >= 11 is 1.54. The predicted molar refractivity (Wildman–Crippen MR) is 109 cm³/mol. The van der Waals surface area contributed by atoms with Crippen molar-refractivity contribution in [3.05, 3.63) is 47.2 Å². The number of hydrogen-bond donors (Lipinski definition) is 1. The van der Waals surface area contributed by atoms with Crippen LogP contribution in [-0.2, 0) is 17.0 Å². The van der Waals surface area contributed by atoms with Gasteiger partial charge in [-0.15, -0.1) is 0 Å². The summed E-state index contributed by atoms with van der Waals surface area (Å²) < 4.78 is 0. The first-order valence-electron chi connectivity index (χ1n) is 9.29. The van der Waals surface area contributed by atoms with Gasteiger partial charge in [-0.3, -0.25) is 4.79 Å². The van der Waals surface area contributed by atoms with E-state index in [0.29, 0.717) is 24.0 Å². The van der Waals surface area contributed by atoms with Gasteiger partial charge >= 0.3 is 5.97 Å². The van der Waals surface area contributed by atoms with E-state index in [2.05, 4.69) is 16.8 Å². The zero-order chi connectivity index (χ0) is 20.1. The zero-order valence-electron chi connectivity index (χ0n) is 16.1. The van der Waals surface area contributed by atoms with Gasteiger partial charge in [0.05, 0.1) is 5.56 Å². The minimum Gasteiger partial charge on any atom is -0.478 e. The molecule has 0 saturated carbocycles. The number of piperazine rings is 1. The van der Waals surface area contributed by atoms with Crippen molar-refractivity contribution in [2.75, 3.05) is 31.1 Å². The molecule has 2 heterocycles. The quantitative estimate of drug-likeness (QED) is 0.589.